The monoisotopic (exact) mass is 374 g/mol. The van der Waals surface area contributed by atoms with Crippen LogP contribution in [0.1, 0.15) is 31.9 Å². The quantitative estimate of drug-likeness (QED) is 0.650. The molecule has 0 amide bonds. The van der Waals surface area contributed by atoms with Gasteiger partial charge in [0.15, 0.2) is 19.8 Å². The lowest BCUT2D eigenvalue weighted by Gasteiger charge is -2.36. The molecular weight excluding hydrogens is 344 g/mol. The van der Waals surface area contributed by atoms with E-state index in [2.05, 4.69) is 33.9 Å². The number of ether oxygens (including phenoxy) is 2. The zero-order valence-electron chi connectivity index (χ0n) is 16.6. The third-order valence-corrected chi connectivity index (χ3v) is 9.43. The van der Waals surface area contributed by atoms with E-state index in [1.165, 1.54) is 0 Å². The molecule has 0 aliphatic carbocycles. The topological polar surface area (TPSA) is 47.9 Å². The molecule has 4 nitrogen and oxygen atoms in total. The zero-order chi connectivity index (χ0) is 19.4. The van der Waals surface area contributed by atoms with Gasteiger partial charge in [-0.05, 0) is 41.4 Å². The summed E-state index contributed by atoms with van der Waals surface area (Å²) in [5.41, 5.74) is 1.90. The average Bonchev–Trinajstić information content (AvgIpc) is 2.58. The van der Waals surface area contributed by atoms with Crippen LogP contribution in [0.3, 0.4) is 0 Å². The number of hydrogen-bond donors (Lipinski definition) is 1. The highest BCUT2D eigenvalue weighted by Crippen LogP contribution is 2.40. The summed E-state index contributed by atoms with van der Waals surface area (Å²) in [6.07, 6.45) is 0. The zero-order valence-corrected chi connectivity index (χ0v) is 17.6. The fraction of sp³-hybridized carbons (Fsp3) is 0.429. The molecule has 142 valence electrons. The van der Waals surface area contributed by atoms with Gasteiger partial charge in [-0.25, -0.2) is 0 Å². The van der Waals surface area contributed by atoms with Crippen LogP contribution in [0.25, 0.3) is 0 Å². The van der Waals surface area contributed by atoms with Crippen molar-refractivity contribution >= 4 is 8.32 Å². The molecule has 0 saturated heterocycles. The Morgan fingerprint density at radius 3 is 2.19 bits per heavy atom. The molecule has 0 aromatic heterocycles. The lowest BCUT2D eigenvalue weighted by molar-refractivity contribution is 0.262. The van der Waals surface area contributed by atoms with Gasteiger partial charge < -0.3 is 19.0 Å². The van der Waals surface area contributed by atoms with Crippen LogP contribution in [-0.4, -0.2) is 20.5 Å². The summed E-state index contributed by atoms with van der Waals surface area (Å²) < 4.78 is 17.5. The largest absolute Gasteiger partial charge is 0.504 e. The third-order valence-electron chi connectivity index (χ3n) is 4.95. The molecule has 0 aliphatic rings. The summed E-state index contributed by atoms with van der Waals surface area (Å²) in [5, 5.41) is 10.6. The summed E-state index contributed by atoms with van der Waals surface area (Å²) in [4.78, 5) is 0. The number of hydrogen-bond acceptors (Lipinski definition) is 4. The highest BCUT2D eigenvalue weighted by atomic mass is 28.4. The fourth-order valence-corrected chi connectivity index (χ4v) is 3.19. The molecular formula is C21H30O4Si. The van der Waals surface area contributed by atoms with Gasteiger partial charge in [0.05, 0.1) is 13.7 Å². The van der Waals surface area contributed by atoms with Crippen LogP contribution < -0.4 is 9.47 Å². The van der Waals surface area contributed by atoms with E-state index in [4.69, 9.17) is 13.9 Å². The summed E-state index contributed by atoms with van der Waals surface area (Å²) in [7, 11) is -0.287. The lowest BCUT2D eigenvalue weighted by atomic mass is 10.2. The van der Waals surface area contributed by atoms with Crippen molar-refractivity contribution in [3.63, 3.8) is 0 Å². The maximum absolute atomic E-state index is 10.4. The van der Waals surface area contributed by atoms with Gasteiger partial charge >= 0.3 is 0 Å². The van der Waals surface area contributed by atoms with Crippen LogP contribution in [0, 0.1) is 0 Å². The molecule has 5 heteroatoms. The van der Waals surface area contributed by atoms with Gasteiger partial charge in [-0.15, -0.1) is 0 Å². The second-order valence-corrected chi connectivity index (χ2v) is 12.8. The minimum Gasteiger partial charge on any atom is -0.504 e. The van der Waals surface area contributed by atoms with Crippen LogP contribution in [0.5, 0.6) is 17.2 Å². The molecule has 1 N–H and O–H groups in total. The predicted octanol–water partition coefficient (Wildman–Crippen LogP) is 5.50. The Labute approximate surface area is 157 Å². The summed E-state index contributed by atoms with van der Waals surface area (Å²) in [5.74, 6) is 0.927. The minimum absolute atomic E-state index is 0.0640. The van der Waals surface area contributed by atoms with Crippen molar-refractivity contribution in [2.75, 3.05) is 7.11 Å². The van der Waals surface area contributed by atoms with E-state index in [0.717, 1.165) is 11.1 Å². The van der Waals surface area contributed by atoms with Crippen LogP contribution in [0.4, 0.5) is 0 Å². The smallest absolute Gasteiger partial charge is 0.203 e. The number of benzene rings is 2. The van der Waals surface area contributed by atoms with Crippen molar-refractivity contribution in [3.05, 3.63) is 53.6 Å². The van der Waals surface area contributed by atoms with Gasteiger partial charge in [0.1, 0.15) is 6.61 Å². The van der Waals surface area contributed by atoms with Crippen molar-refractivity contribution in [1.29, 1.82) is 0 Å². The van der Waals surface area contributed by atoms with Crippen molar-refractivity contribution in [2.24, 2.45) is 0 Å². The first kappa shape index (κ1) is 20.3. The second-order valence-electron chi connectivity index (χ2n) is 7.97. The van der Waals surface area contributed by atoms with Crippen LogP contribution in [0.15, 0.2) is 42.5 Å². The predicted molar refractivity (Wildman–Crippen MR) is 107 cm³/mol. The molecule has 0 radical (unpaired) electrons. The Balaban J connectivity index is 2.13. The molecule has 0 fully saturated rings. The van der Waals surface area contributed by atoms with E-state index in [1.807, 2.05) is 36.4 Å². The Bertz CT molecular complexity index is 721. The summed E-state index contributed by atoms with van der Waals surface area (Å²) in [6.45, 7) is 11.8. The van der Waals surface area contributed by atoms with Crippen LogP contribution in [0.2, 0.25) is 18.1 Å². The number of methoxy groups -OCH3 is 1. The van der Waals surface area contributed by atoms with Crippen molar-refractivity contribution in [1.82, 2.24) is 0 Å². The molecule has 0 bridgehead atoms. The Hall–Kier alpha value is -1.98. The van der Waals surface area contributed by atoms with Gasteiger partial charge in [-0.1, -0.05) is 51.1 Å². The first-order valence-corrected chi connectivity index (χ1v) is 11.8. The minimum atomic E-state index is -1.86. The van der Waals surface area contributed by atoms with Gasteiger partial charge in [0.2, 0.25) is 5.75 Å². The normalized spacial score (nSPS) is 12.1. The standard InChI is InChI=1S/C21H30O4Si/c1-21(2,3)26(5,6)25-15-17-12-18(22)20(19(13-17)23-4)24-14-16-10-8-7-9-11-16/h7-13,22H,14-15H2,1-6H3. The van der Waals surface area contributed by atoms with Gasteiger partial charge in [-0.3, -0.25) is 0 Å². The van der Waals surface area contributed by atoms with E-state index in [9.17, 15) is 5.11 Å². The Kier molecular flexibility index (Phi) is 6.37. The molecule has 26 heavy (non-hydrogen) atoms. The Morgan fingerprint density at radius 2 is 1.62 bits per heavy atom. The van der Waals surface area contributed by atoms with E-state index in [1.54, 1.807) is 13.2 Å². The molecule has 0 heterocycles. The maximum Gasteiger partial charge on any atom is 0.203 e. The summed E-state index contributed by atoms with van der Waals surface area (Å²) >= 11 is 0. The first-order chi connectivity index (χ1) is 12.1. The molecule has 2 aromatic rings. The van der Waals surface area contributed by atoms with Crippen LogP contribution in [-0.2, 0) is 17.6 Å². The fourth-order valence-electron chi connectivity index (χ4n) is 2.23. The van der Waals surface area contributed by atoms with Gasteiger partial charge in [-0.2, -0.15) is 0 Å². The van der Waals surface area contributed by atoms with Crippen LogP contribution >= 0.6 is 0 Å². The second kappa shape index (κ2) is 8.14. The molecule has 0 atom stereocenters. The molecule has 2 aromatic carbocycles. The average molecular weight is 375 g/mol. The van der Waals surface area contributed by atoms with E-state index >= 15 is 0 Å². The van der Waals surface area contributed by atoms with Gasteiger partial charge in [0.25, 0.3) is 0 Å². The molecule has 0 spiro atoms. The number of aromatic hydroxyl groups is 1. The SMILES string of the molecule is COc1cc(CO[Si](C)(C)C(C)(C)C)cc(O)c1OCc1ccccc1. The molecule has 0 unspecified atom stereocenters. The summed E-state index contributed by atoms with van der Waals surface area (Å²) in [6, 6.07) is 13.4. The van der Waals surface area contributed by atoms with Crippen molar-refractivity contribution < 1.29 is 19.0 Å². The molecule has 0 saturated carbocycles. The Morgan fingerprint density at radius 1 is 0.962 bits per heavy atom. The molecule has 2 rings (SSSR count). The van der Waals surface area contributed by atoms with Crippen molar-refractivity contribution in [2.45, 2.75) is 52.1 Å². The maximum atomic E-state index is 10.4. The van der Waals surface area contributed by atoms with E-state index in [0.29, 0.717) is 24.7 Å². The third kappa shape index (κ3) is 5.02. The highest BCUT2D eigenvalue weighted by Gasteiger charge is 2.37. The number of phenols is 1. The first-order valence-electron chi connectivity index (χ1n) is 8.84. The number of phenolic OH excluding ortho intramolecular Hbond substituents is 1. The van der Waals surface area contributed by atoms with E-state index < -0.39 is 8.32 Å². The molecule has 0 aliphatic heterocycles. The lowest BCUT2D eigenvalue weighted by Crippen LogP contribution is -2.40. The van der Waals surface area contributed by atoms with Gasteiger partial charge in [0, 0.05) is 0 Å². The highest BCUT2D eigenvalue weighted by molar-refractivity contribution is 6.74. The van der Waals surface area contributed by atoms with Crippen molar-refractivity contribution in [3.8, 4) is 17.2 Å². The van der Waals surface area contributed by atoms with E-state index in [-0.39, 0.29) is 10.8 Å². The number of rotatable bonds is 7.